The van der Waals surface area contributed by atoms with Crippen molar-refractivity contribution < 1.29 is 14.3 Å². The van der Waals surface area contributed by atoms with Gasteiger partial charge in [-0.1, -0.05) is 52.3 Å². The van der Waals surface area contributed by atoms with Crippen LogP contribution >= 0.6 is 15.9 Å². The zero-order valence-electron chi connectivity index (χ0n) is 13.9. The van der Waals surface area contributed by atoms with Gasteiger partial charge in [-0.15, -0.1) is 0 Å². The molecule has 0 fully saturated rings. The molecule has 0 aliphatic carbocycles. The van der Waals surface area contributed by atoms with Gasteiger partial charge in [0.1, 0.15) is 5.75 Å². The minimum Gasteiger partial charge on any atom is -0.496 e. The summed E-state index contributed by atoms with van der Waals surface area (Å²) in [5, 5.41) is 2.04. The highest BCUT2D eigenvalue weighted by atomic mass is 79.9. The first-order valence-corrected chi connectivity index (χ1v) is 8.79. The van der Waals surface area contributed by atoms with Gasteiger partial charge in [-0.05, 0) is 41.1 Å². The molecular weight excluding hydrogens is 394 g/mol. The third kappa shape index (κ3) is 3.02. The number of aliphatic imine (C=N–C) groups is 1. The maximum absolute atomic E-state index is 12.3. The van der Waals surface area contributed by atoms with Gasteiger partial charge in [-0.25, -0.2) is 9.79 Å². The fourth-order valence-electron chi connectivity index (χ4n) is 2.89. The lowest BCUT2D eigenvalue weighted by molar-refractivity contribution is -0.129. The number of hydrogen-bond acceptors (Lipinski definition) is 4. The van der Waals surface area contributed by atoms with Crippen LogP contribution in [0, 0.1) is 0 Å². The van der Waals surface area contributed by atoms with E-state index in [4.69, 9.17) is 9.47 Å². The van der Waals surface area contributed by atoms with Crippen LogP contribution in [0.5, 0.6) is 5.75 Å². The van der Waals surface area contributed by atoms with Crippen LogP contribution in [0.3, 0.4) is 0 Å². The summed E-state index contributed by atoms with van der Waals surface area (Å²) < 4.78 is 11.7. The monoisotopic (exact) mass is 407 g/mol. The van der Waals surface area contributed by atoms with Crippen molar-refractivity contribution in [1.82, 2.24) is 0 Å². The Labute approximate surface area is 158 Å². The number of nitrogens with zero attached hydrogens (tertiary/aromatic N) is 1. The van der Waals surface area contributed by atoms with Crippen LogP contribution in [-0.2, 0) is 9.53 Å². The molecule has 0 unspecified atom stereocenters. The zero-order chi connectivity index (χ0) is 18.1. The lowest BCUT2D eigenvalue weighted by Gasteiger charge is -2.08. The quantitative estimate of drug-likeness (QED) is 0.455. The molecule has 0 saturated carbocycles. The highest BCUT2D eigenvalue weighted by Gasteiger charge is 2.25. The number of methoxy groups -OCH3 is 1. The second-order valence-electron chi connectivity index (χ2n) is 5.75. The summed E-state index contributed by atoms with van der Waals surface area (Å²) in [6, 6.07) is 19.3. The third-order valence-electron chi connectivity index (χ3n) is 4.12. The largest absolute Gasteiger partial charge is 0.496 e. The molecule has 3 aromatic carbocycles. The first-order valence-electron chi connectivity index (χ1n) is 8.00. The molecule has 0 bridgehead atoms. The van der Waals surface area contributed by atoms with E-state index in [0.717, 1.165) is 26.4 Å². The molecular formula is C21H14BrNO3. The van der Waals surface area contributed by atoms with Crippen molar-refractivity contribution in [3.05, 3.63) is 82.0 Å². The van der Waals surface area contributed by atoms with E-state index in [1.165, 1.54) is 0 Å². The van der Waals surface area contributed by atoms with Crippen molar-refractivity contribution in [3.63, 3.8) is 0 Å². The number of fused-ring (bicyclic) bond motifs is 1. The van der Waals surface area contributed by atoms with Crippen LogP contribution < -0.4 is 4.74 Å². The number of rotatable bonds is 3. The highest BCUT2D eigenvalue weighted by molar-refractivity contribution is 9.10. The summed E-state index contributed by atoms with van der Waals surface area (Å²) in [5.74, 6) is 0.492. The van der Waals surface area contributed by atoms with Gasteiger partial charge < -0.3 is 9.47 Å². The molecule has 26 heavy (non-hydrogen) atoms. The lowest BCUT2D eigenvalue weighted by Crippen LogP contribution is -2.05. The van der Waals surface area contributed by atoms with E-state index < -0.39 is 5.97 Å². The fourth-order valence-corrected chi connectivity index (χ4v) is 3.29. The van der Waals surface area contributed by atoms with E-state index in [-0.39, 0.29) is 5.70 Å². The second-order valence-corrected chi connectivity index (χ2v) is 6.66. The Bertz CT molecular complexity index is 1090. The molecule has 0 radical (unpaired) electrons. The Kier molecular flexibility index (Phi) is 4.31. The van der Waals surface area contributed by atoms with Crippen LogP contribution in [0.4, 0.5) is 0 Å². The Morgan fingerprint density at radius 1 is 1.08 bits per heavy atom. The van der Waals surface area contributed by atoms with E-state index in [0.29, 0.717) is 11.6 Å². The van der Waals surface area contributed by atoms with Gasteiger partial charge in [0.2, 0.25) is 5.90 Å². The number of ether oxygens (including phenoxy) is 2. The average Bonchev–Trinajstić information content (AvgIpc) is 3.03. The molecule has 0 saturated heterocycles. The molecule has 3 aromatic rings. The topological polar surface area (TPSA) is 47.9 Å². The van der Waals surface area contributed by atoms with Crippen molar-refractivity contribution in [1.29, 1.82) is 0 Å². The first kappa shape index (κ1) is 16.5. The van der Waals surface area contributed by atoms with Gasteiger partial charge in [-0.3, -0.25) is 0 Å². The second kappa shape index (κ2) is 6.77. The highest BCUT2D eigenvalue weighted by Crippen LogP contribution is 2.31. The summed E-state index contributed by atoms with van der Waals surface area (Å²) in [6.45, 7) is 0. The van der Waals surface area contributed by atoms with Gasteiger partial charge >= 0.3 is 5.97 Å². The summed E-state index contributed by atoms with van der Waals surface area (Å²) >= 11 is 3.41. The molecule has 4 rings (SSSR count). The summed E-state index contributed by atoms with van der Waals surface area (Å²) in [4.78, 5) is 16.7. The van der Waals surface area contributed by atoms with Crippen LogP contribution in [0.15, 0.2) is 75.8 Å². The van der Waals surface area contributed by atoms with Gasteiger partial charge in [0, 0.05) is 15.6 Å². The molecule has 1 heterocycles. The zero-order valence-corrected chi connectivity index (χ0v) is 15.5. The predicted molar refractivity (Wildman–Crippen MR) is 105 cm³/mol. The standard InChI is InChI=1S/C21H14BrNO3/c1-25-19-10-9-13-5-2-3-8-16(13)17(19)12-18-21(24)26-20(23-18)14-6-4-7-15(22)11-14/h2-12H,1H3. The van der Waals surface area contributed by atoms with Gasteiger partial charge in [0.15, 0.2) is 5.70 Å². The van der Waals surface area contributed by atoms with Crippen molar-refractivity contribution in [2.24, 2.45) is 4.99 Å². The minimum absolute atomic E-state index is 0.245. The summed E-state index contributed by atoms with van der Waals surface area (Å²) in [5.41, 5.74) is 1.78. The predicted octanol–water partition coefficient (Wildman–Crippen LogP) is 4.96. The summed E-state index contributed by atoms with van der Waals surface area (Å²) in [6.07, 6.45) is 1.72. The number of cyclic esters (lactones) is 1. The molecule has 1 aliphatic rings. The molecule has 0 spiro atoms. The number of carbonyl (C=O) groups is 1. The van der Waals surface area contributed by atoms with Crippen LogP contribution in [0.1, 0.15) is 11.1 Å². The SMILES string of the molecule is COc1ccc2ccccc2c1C=C1N=C(c2cccc(Br)c2)OC1=O. The smallest absolute Gasteiger partial charge is 0.363 e. The number of carbonyl (C=O) groups excluding carboxylic acids is 1. The van der Waals surface area contributed by atoms with E-state index in [9.17, 15) is 4.79 Å². The number of hydrogen-bond donors (Lipinski definition) is 0. The Morgan fingerprint density at radius 2 is 1.92 bits per heavy atom. The van der Waals surface area contributed by atoms with Crippen LogP contribution in [-0.4, -0.2) is 19.0 Å². The van der Waals surface area contributed by atoms with E-state index >= 15 is 0 Å². The third-order valence-corrected chi connectivity index (χ3v) is 4.62. The molecule has 0 aromatic heterocycles. The molecule has 4 nitrogen and oxygen atoms in total. The Balaban J connectivity index is 1.84. The molecule has 5 heteroatoms. The van der Waals surface area contributed by atoms with Gasteiger partial charge in [0.25, 0.3) is 0 Å². The van der Waals surface area contributed by atoms with E-state index in [1.54, 1.807) is 13.2 Å². The maximum Gasteiger partial charge on any atom is 0.363 e. The van der Waals surface area contributed by atoms with Crippen molar-refractivity contribution >= 4 is 44.6 Å². The molecule has 128 valence electrons. The van der Waals surface area contributed by atoms with Gasteiger partial charge in [-0.2, -0.15) is 0 Å². The van der Waals surface area contributed by atoms with E-state index in [2.05, 4.69) is 20.9 Å². The Morgan fingerprint density at radius 3 is 2.73 bits per heavy atom. The number of halogens is 1. The average molecular weight is 408 g/mol. The molecule has 0 atom stereocenters. The fraction of sp³-hybridized carbons (Fsp3) is 0.0476. The molecule has 0 N–H and O–H groups in total. The first-order chi connectivity index (χ1) is 12.7. The van der Waals surface area contributed by atoms with E-state index in [1.807, 2.05) is 60.7 Å². The van der Waals surface area contributed by atoms with Gasteiger partial charge in [0.05, 0.1) is 7.11 Å². The maximum atomic E-state index is 12.3. The molecule has 0 amide bonds. The molecule has 1 aliphatic heterocycles. The van der Waals surface area contributed by atoms with Crippen molar-refractivity contribution in [3.8, 4) is 5.75 Å². The normalized spacial score (nSPS) is 15.2. The number of esters is 1. The number of benzene rings is 3. The van der Waals surface area contributed by atoms with Crippen LogP contribution in [0.25, 0.3) is 16.8 Å². The van der Waals surface area contributed by atoms with Crippen molar-refractivity contribution in [2.45, 2.75) is 0 Å². The van der Waals surface area contributed by atoms with Crippen molar-refractivity contribution in [2.75, 3.05) is 7.11 Å². The minimum atomic E-state index is -0.477. The van der Waals surface area contributed by atoms with Crippen LogP contribution in [0.2, 0.25) is 0 Å². The summed E-state index contributed by atoms with van der Waals surface area (Å²) in [7, 11) is 1.61. The lowest BCUT2D eigenvalue weighted by atomic mass is 10.0. The Hall–Kier alpha value is -2.92.